The van der Waals surface area contributed by atoms with Gasteiger partial charge in [0.15, 0.2) is 5.82 Å². The van der Waals surface area contributed by atoms with Crippen molar-refractivity contribution >= 4 is 23.2 Å². The normalized spacial score (nSPS) is 10.7. The van der Waals surface area contributed by atoms with Crippen molar-refractivity contribution in [3.05, 3.63) is 82.3 Å². The van der Waals surface area contributed by atoms with Crippen molar-refractivity contribution in [2.24, 2.45) is 0 Å². The molecule has 4 rings (SSSR count). The number of methoxy groups -OCH3 is 1. The van der Waals surface area contributed by atoms with Gasteiger partial charge in [0.05, 0.1) is 12.0 Å². The fourth-order valence-electron chi connectivity index (χ4n) is 2.72. The van der Waals surface area contributed by atoms with Crippen molar-refractivity contribution < 1.29 is 13.9 Å². The monoisotopic (exact) mass is 408 g/mol. The number of anilines is 1. The molecular weight excluding hydrogens is 391 g/mol. The van der Waals surface area contributed by atoms with Crippen molar-refractivity contribution in [2.45, 2.75) is 6.54 Å². The smallest absolute Gasteiger partial charge is 0.291 e. The maximum Gasteiger partial charge on any atom is 0.291 e. The van der Waals surface area contributed by atoms with Crippen LogP contribution < -0.4 is 10.1 Å². The van der Waals surface area contributed by atoms with Crippen LogP contribution >= 0.6 is 11.3 Å². The van der Waals surface area contributed by atoms with Gasteiger partial charge in [-0.25, -0.2) is 4.39 Å². The van der Waals surface area contributed by atoms with E-state index < -0.39 is 0 Å². The zero-order chi connectivity index (χ0) is 20.2. The lowest BCUT2D eigenvalue weighted by molar-refractivity contribution is 0.0951. The van der Waals surface area contributed by atoms with E-state index in [1.165, 1.54) is 28.2 Å². The van der Waals surface area contributed by atoms with Crippen LogP contribution in [0.1, 0.15) is 15.2 Å². The second-order valence-electron chi connectivity index (χ2n) is 6.16. The third-order valence-corrected chi connectivity index (χ3v) is 5.10. The Morgan fingerprint density at radius 2 is 1.90 bits per heavy atom. The highest BCUT2D eigenvalue weighted by atomic mass is 32.1. The number of hydrogen-bond donors (Lipinski definition) is 1. The van der Waals surface area contributed by atoms with Gasteiger partial charge in [-0.15, -0.1) is 16.4 Å². The third kappa shape index (κ3) is 4.17. The van der Waals surface area contributed by atoms with Crippen molar-refractivity contribution in [3.63, 3.8) is 0 Å². The van der Waals surface area contributed by atoms with Crippen LogP contribution in [0.2, 0.25) is 0 Å². The van der Waals surface area contributed by atoms with E-state index in [9.17, 15) is 9.18 Å². The van der Waals surface area contributed by atoms with E-state index in [0.29, 0.717) is 23.2 Å². The summed E-state index contributed by atoms with van der Waals surface area (Å²) in [6.45, 7) is 0.374. The zero-order valence-electron chi connectivity index (χ0n) is 15.5. The minimum atomic E-state index is -0.299. The van der Waals surface area contributed by atoms with E-state index in [2.05, 4.69) is 15.4 Å². The molecule has 1 N–H and O–H groups in total. The van der Waals surface area contributed by atoms with Gasteiger partial charge in [-0.05, 0) is 53.4 Å². The third-order valence-electron chi connectivity index (χ3n) is 4.24. The lowest BCUT2D eigenvalue weighted by Crippen LogP contribution is -2.16. The quantitative estimate of drug-likeness (QED) is 0.510. The van der Waals surface area contributed by atoms with Crippen LogP contribution in [-0.2, 0) is 6.54 Å². The molecule has 0 saturated carbocycles. The Morgan fingerprint density at radius 3 is 2.55 bits per heavy atom. The van der Waals surface area contributed by atoms with Gasteiger partial charge in [0.1, 0.15) is 11.6 Å². The first-order valence-electron chi connectivity index (χ1n) is 8.82. The molecule has 0 fully saturated rings. The summed E-state index contributed by atoms with van der Waals surface area (Å²) in [5, 5.41) is 9.38. The minimum absolute atomic E-state index is 0.270. The first-order chi connectivity index (χ1) is 14.1. The van der Waals surface area contributed by atoms with Crippen LogP contribution in [0.25, 0.3) is 11.4 Å². The first-order valence-corrected chi connectivity index (χ1v) is 9.70. The number of rotatable bonds is 6. The lowest BCUT2D eigenvalue weighted by Gasteiger charge is -2.06. The van der Waals surface area contributed by atoms with Gasteiger partial charge < -0.3 is 10.1 Å². The molecule has 0 atom stereocenters. The fraction of sp³-hybridized carbons (Fsp3) is 0.0952. The maximum absolute atomic E-state index is 13.1. The molecule has 2 heterocycles. The number of carbonyl (C=O) groups is 1. The van der Waals surface area contributed by atoms with Gasteiger partial charge in [0.2, 0.25) is 5.95 Å². The highest BCUT2D eigenvalue weighted by molar-refractivity contribution is 7.12. The topological polar surface area (TPSA) is 69.0 Å². The molecule has 0 aliphatic carbocycles. The summed E-state index contributed by atoms with van der Waals surface area (Å²) in [7, 11) is 1.60. The van der Waals surface area contributed by atoms with Crippen LogP contribution in [0.5, 0.6) is 5.75 Å². The Bertz CT molecular complexity index is 1110. The number of benzene rings is 2. The number of nitrogens with zero attached hydrogens (tertiary/aromatic N) is 3. The number of thiophene rings is 1. The molecule has 8 heteroatoms. The number of aromatic nitrogens is 3. The van der Waals surface area contributed by atoms with Crippen molar-refractivity contribution in [1.82, 2.24) is 14.8 Å². The van der Waals surface area contributed by atoms with E-state index in [4.69, 9.17) is 4.74 Å². The predicted molar refractivity (Wildman–Crippen MR) is 110 cm³/mol. The van der Waals surface area contributed by atoms with Crippen LogP contribution in [0.4, 0.5) is 10.3 Å². The fourth-order valence-corrected chi connectivity index (χ4v) is 3.37. The second-order valence-corrected chi connectivity index (χ2v) is 7.11. The van der Waals surface area contributed by atoms with E-state index >= 15 is 0 Å². The summed E-state index contributed by atoms with van der Waals surface area (Å²) in [6, 6.07) is 17.0. The first kappa shape index (κ1) is 18.8. The predicted octanol–water partition coefficient (Wildman–Crippen LogP) is 4.45. The Balaban J connectivity index is 1.66. The molecule has 2 aromatic carbocycles. The summed E-state index contributed by atoms with van der Waals surface area (Å²) in [4.78, 5) is 18.0. The number of carbonyl (C=O) groups excluding carboxylic acids is 1. The Kier molecular flexibility index (Phi) is 5.35. The van der Waals surface area contributed by atoms with Gasteiger partial charge in [0.25, 0.3) is 5.91 Å². The molecule has 2 aromatic heterocycles. The molecule has 0 aliphatic rings. The highest BCUT2D eigenvalue weighted by Gasteiger charge is 2.19. The summed E-state index contributed by atoms with van der Waals surface area (Å²) in [6.07, 6.45) is 0. The average Bonchev–Trinajstić information content (AvgIpc) is 3.43. The Labute approximate surface area is 170 Å². The van der Waals surface area contributed by atoms with E-state index in [1.54, 1.807) is 25.3 Å². The molecule has 6 nitrogen and oxygen atoms in total. The van der Waals surface area contributed by atoms with Crippen molar-refractivity contribution in [1.29, 1.82) is 0 Å². The van der Waals surface area contributed by atoms with Gasteiger partial charge in [-0.3, -0.25) is 4.79 Å². The lowest BCUT2D eigenvalue weighted by atomic mass is 10.2. The minimum Gasteiger partial charge on any atom is -0.497 e. The number of hydrogen-bond acceptors (Lipinski definition) is 6. The van der Waals surface area contributed by atoms with Crippen LogP contribution in [0.15, 0.2) is 66.0 Å². The summed E-state index contributed by atoms with van der Waals surface area (Å²) in [5.41, 5.74) is 1.61. The number of halogens is 1. The Hall–Kier alpha value is -3.52. The molecule has 0 saturated heterocycles. The molecule has 146 valence electrons. The van der Waals surface area contributed by atoms with Gasteiger partial charge in [-0.1, -0.05) is 18.2 Å². The summed E-state index contributed by atoms with van der Waals surface area (Å²) >= 11 is 1.34. The largest absolute Gasteiger partial charge is 0.497 e. The van der Waals surface area contributed by atoms with Crippen molar-refractivity contribution in [2.75, 3.05) is 12.4 Å². The standard InChI is InChI=1S/C21H17FN4O2S/c1-28-17-10-6-15(7-11-17)19-24-21(23-13-14-4-8-16(22)9-5-14)26(25-19)20(27)18-3-2-12-29-18/h2-12H,13H2,1H3,(H,23,24,25). The molecule has 29 heavy (non-hydrogen) atoms. The molecular formula is C21H17FN4O2S. The molecule has 4 aromatic rings. The maximum atomic E-state index is 13.1. The number of nitrogens with one attached hydrogen (secondary N) is 1. The Morgan fingerprint density at radius 1 is 1.14 bits per heavy atom. The van der Waals surface area contributed by atoms with Gasteiger partial charge >= 0.3 is 0 Å². The van der Waals surface area contributed by atoms with E-state index in [-0.39, 0.29) is 11.7 Å². The van der Waals surface area contributed by atoms with Crippen LogP contribution in [-0.4, -0.2) is 27.8 Å². The SMILES string of the molecule is COc1ccc(-c2nc(NCc3ccc(F)cc3)n(C(=O)c3cccs3)n2)cc1. The average molecular weight is 408 g/mol. The summed E-state index contributed by atoms with van der Waals surface area (Å²) in [5.74, 6) is 0.885. The second kappa shape index (κ2) is 8.24. The van der Waals surface area contributed by atoms with Gasteiger partial charge in [-0.2, -0.15) is 9.67 Å². The molecule has 0 amide bonds. The van der Waals surface area contributed by atoms with Crippen LogP contribution in [0, 0.1) is 5.82 Å². The van der Waals surface area contributed by atoms with E-state index in [1.807, 2.05) is 35.7 Å². The van der Waals surface area contributed by atoms with E-state index in [0.717, 1.165) is 16.9 Å². The van der Waals surface area contributed by atoms with Crippen molar-refractivity contribution in [3.8, 4) is 17.1 Å². The molecule has 0 radical (unpaired) electrons. The molecule has 0 bridgehead atoms. The van der Waals surface area contributed by atoms with Crippen LogP contribution in [0.3, 0.4) is 0 Å². The van der Waals surface area contributed by atoms with Gasteiger partial charge in [0, 0.05) is 12.1 Å². The summed E-state index contributed by atoms with van der Waals surface area (Å²) < 4.78 is 19.6. The molecule has 0 spiro atoms. The molecule has 0 aliphatic heterocycles. The molecule has 0 unspecified atom stereocenters. The number of ether oxygens (including phenoxy) is 1. The highest BCUT2D eigenvalue weighted by Crippen LogP contribution is 2.23. The zero-order valence-corrected chi connectivity index (χ0v) is 16.3.